The lowest BCUT2D eigenvalue weighted by atomic mass is 9.93. The molecule has 0 bridgehead atoms. The van der Waals surface area contributed by atoms with Gasteiger partial charge in [-0.15, -0.1) is 11.3 Å². The van der Waals surface area contributed by atoms with Gasteiger partial charge in [-0.25, -0.2) is 0 Å². The lowest BCUT2D eigenvalue weighted by Crippen LogP contribution is -2.63. The zero-order valence-corrected chi connectivity index (χ0v) is 21.3. The SMILES string of the molecule is COc1ccc(CNC(=O)C2(C)Cn3nc(-c4cccs4)cc3C(=O)N2Cc2cccc(C)c2)cc1. The molecule has 7 nitrogen and oxygen atoms in total. The normalized spacial score (nSPS) is 17.1. The van der Waals surface area contributed by atoms with Crippen LogP contribution in [0.4, 0.5) is 0 Å². The van der Waals surface area contributed by atoms with E-state index in [0.717, 1.165) is 33.0 Å². The fourth-order valence-corrected chi connectivity index (χ4v) is 5.22. The topological polar surface area (TPSA) is 76.5 Å². The molecule has 1 atom stereocenters. The van der Waals surface area contributed by atoms with Crippen LogP contribution in [0, 0.1) is 6.92 Å². The van der Waals surface area contributed by atoms with Gasteiger partial charge in [0.2, 0.25) is 5.91 Å². The van der Waals surface area contributed by atoms with E-state index in [-0.39, 0.29) is 18.4 Å². The molecule has 0 saturated carbocycles. The molecule has 8 heteroatoms. The third kappa shape index (κ3) is 4.52. The van der Waals surface area contributed by atoms with Crippen LogP contribution in [-0.2, 0) is 24.4 Å². The molecule has 0 fully saturated rings. The summed E-state index contributed by atoms with van der Waals surface area (Å²) < 4.78 is 6.90. The Hall–Kier alpha value is -3.91. The molecule has 4 aromatic rings. The van der Waals surface area contributed by atoms with E-state index in [1.807, 2.05) is 86.0 Å². The molecule has 1 aliphatic heterocycles. The Morgan fingerprint density at radius 3 is 2.61 bits per heavy atom. The molecule has 3 heterocycles. The fourth-order valence-electron chi connectivity index (χ4n) is 4.54. The molecule has 2 aromatic heterocycles. The van der Waals surface area contributed by atoms with Gasteiger partial charge in [0, 0.05) is 13.1 Å². The number of hydrogen-bond acceptors (Lipinski definition) is 5. The molecule has 2 aromatic carbocycles. The van der Waals surface area contributed by atoms with E-state index in [0.29, 0.717) is 18.8 Å². The first-order valence-corrected chi connectivity index (χ1v) is 12.7. The Morgan fingerprint density at radius 1 is 1.11 bits per heavy atom. The Balaban J connectivity index is 1.46. The van der Waals surface area contributed by atoms with Crippen LogP contribution in [0.15, 0.2) is 72.1 Å². The smallest absolute Gasteiger partial charge is 0.273 e. The molecule has 0 radical (unpaired) electrons. The first-order chi connectivity index (χ1) is 17.4. The van der Waals surface area contributed by atoms with Gasteiger partial charge in [0.15, 0.2) is 0 Å². The van der Waals surface area contributed by atoms with Gasteiger partial charge >= 0.3 is 0 Å². The second-order valence-corrected chi connectivity index (χ2v) is 10.2. The van der Waals surface area contributed by atoms with Gasteiger partial charge in [-0.1, -0.05) is 48.0 Å². The highest BCUT2D eigenvalue weighted by molar-refractivity contribution is 7.13. The average Bonchev–Trinajstić information content (AvgIpc) is 3.56. The first kappa shape index (κ1) is 23.8. The summed E-state index contributed by atoms with van der Waals surface area (Å²) in [5.41, 5.74) is 3.13. The molecule has 36 heavy (non-hydrogen) atoms. The summed E-state index contributed by atoms with van der Waals surface area (Å²) in [7, 11) is 1.62. The summed E-state index contributed by atoms with van der Waals surface area (Å²) in [6.45, 7) is 4.77. The van der Waals surface area contributed by atoms with Crippen LogP contribution in [0.2, 0.25) is 0 Å². The molecular weight excluding hydrogens is 472 g/mol. The summed E-state index contributed by atoms with van der Waals surface area (Å²) in [5, 5.41) is 9.73. The van der Waals surface area contributed by atoms with Crippen LogP contribution in [-0.4, -0.2) is 39.1 Å². The second kappa shape index (κ2) is 9.62. The largest absolute Gasteiger partial charge is 0.497 e. The number of amides is 2. The van der Waals surface area contributed by atoms with Crippen molar-refractivity contribution < 1.29 is 14.3 Å². The summed E-state index contributed by atoms with van der Waals surface area (Å²) >= 11 is 1.57. The van der Waals surface area contributed by atoms with E-state index in [4.69, 9.17) is 9.84 Å². The van der Waals surface area contributed by atoms with Crippen molar-refractivity contribution in [2.24, 2.45) is 0 Å². The van der Waals surface area contributed by atoms with Crippen LogP contribution in [0.5, 0.6) is 5.75 Å². The van der Waals surface area contributed by atoms with Crippen LogP contribution >= 0.6 is 11.3 Å². The van der Waals surface area contributed by atoms with Crippen molar-refractivity contribution in [1.29, 1.82) is 0 Å². The monoisotopic (exact) mass is 500 g/mol. The molecule has 184 valence electrons. The number of carbonyl (C=O) groups is 2. The van der Waals surface area contributed by atoms with Gasteiger partial charge in [0.1, 0.15) is 22.7 Å². The molecule has 0 aliphatic carbocycles. The minimum Gasteiger partial charge on any atom is -0.497 e. The molecule has 0 spiro atoms. The predicted octanol–water partition coefficient (Wildman–Crippen LogP) is 4.66. The molecule has 1 unspecified atom stereocenters. The third-order valence-electron chi connectivity index (χ3n) is 6.60. The number of carbonyl (C=O) groups excluding carboxylic acids is 2. The van der Waals surface area contributed by atoms with Crippen molar-refractivity contribution in [2.45, 2.75) is 39.0 Å². The van der Waals surface area contributed by atoms with E-state index in [9.17, 15) is 9.59 Å². The molecule has 1 aliphatic rings. The van der Waals surface area contributed by atoms with E-state index >= 15 is 0 Å². The maximum absolute atomic E-state index is 13.8. The highest BCUT2D eigenvalue weighted by Crippen LogP contribution is 2.32. The number of nitrogens with zero attached hydrogens (tertiary/aromatic N) is 3. The average molecular weight is 501 g/mol. The highest BCUT2D eigenvalue weighted by Gasteiger charge is 2.48. The predicted molar refractivity (Wildman–Crippen MR) is 140 cm³/mol. The van der Waals surface area contributed by atoms with Crippen LogP contribution in [0.3, 0.4) is 0 Å². The lowest BCUT2D eigenvalue weighted by molar-refractivity contribution is -0.133. The van der Waals surface area contributed by atoms with Crippen molar-refractivity contribution in [3.8, 4) is 16.3 Å². The van der Waals surface area contributed by atoms with Gasteiger partial charge in [0.05, 0.1) is 18.5 Å². The van der Waals surface area contributed by atoms with Gasteiger partial charge in [-0.3, -0.25) is 14.3 Å². The quantitative estimate of drug-likeness (QED) is 0.401. The van der Waals surface area contributed by atoms with Gasteiger partial charge < -0.3 is 15.0 Å². The van der Waals surface area contributed by atoms with Gasteiger partial charge in [-0.2, -0.15) is 5.10 Å². The Bertz CT molecular complexity index is 1390. The van der Waals surface area contributed by atoms with Crippen LogP contribution in [0.25, 0.3) is 10.6 Å². The number of benzene rings is 2. The Labute approximate surface area is 214 Å². The lowest BCUT2D eigenvalue weighted by Gasteiger charge is -2.43. The zero-order chi connectivity index (χ0) is 25.3. The third-order valence-corrected chi connectivity index (χ3v) is 7.49. The molecule has 0 saturated heterocycles. The maximum Gasteiger partial charge on any atom is 0.273 e. The van der Waals surface area contributed by atoms with Gasteiger partial charge in [0.25, 0.3) is 5.91 Å². The maximum atomic E-state index is 13.8. The molecule has 2 amide bonds. The number of ether oxygens (including phenoxy) is 1. The Kier molecular flexibility index (Phi) is 6.36. The minimum atomic E-state index is -1.13. The molecular formula is C28H28N4O3S. The van der Waals surface area contributed by atoms with Crippen LogP contribution in [0.1, 0.15) is 34.1 Å². The summed E-state index contributed by atoms with van der Waals surface area (Å²) in [5.74, 6) is 0.324. The number of nitrogens with one attached hydrogen (secondary N) is 1. The van der Waals surface area contributed by atoms with E-state index in [1.54, 1.807) is 28.0 Å². The van der Waals surface area contributed by atoms with E-state index in [1.165, 1.54) is 0 Å². The number of rotatable bonds is 7. The number of methoxy groups -OCH3 is 1. The number of aromatic nitrogens is 2. The van der Waals surface area contributed by atoms with Crippen molar-refractivity contribution >= 4 is 23.2 Å². The standard InChI is InChI=1S/C28H28N4O3S/c1-19-6-4-7-21(14-19)17-31-26(33)24-15-23(25-8-5-13-36-25)30-32(24)18-28(31,2)27(34)29-16-20-9-11-22(35-3)12-10-20/h4-15H,16-18H2,1-3H3,(H,29,34). The second-order valence-electron chi connectivity index (χ2n) is 9.23. The van der Waals surface area contributed by atoms with Gasteiger partial charge in [-0.05, 0) is 54.6 Å². The van der Waals surface area contributed by atoms with E-state index in [2.05, 4.69) is 5.32 Å². The number of aryl methyl sites for hydroxylation is 1. The zero-order valence-electron chi connectivity index (χ0n) is 20.5. The van der Waals surface area contributed by atoms with Crippen molar-refractivity contribution in [2.75, 3.05) is 7.11 Å². The van der Waals surface area contributed by atoms with Crippen LogP contribution < -0.4 is 10.1 Å². The molecule has 1 N–H and O–H groups in total. The fraction of sp³-hybridized carbons (Fsp3) is 0.250. The number of thiophene rings is 1. The number of fused-ring (bicyclic) bond motifs is 1. The summed E-state index contributed by atoms with van der Waals surface area (Å²) in [6.07, 6.45) is 0. The van der Waals surface area contributed by atoms with Crippen molar-refractivity contribution in [1.82, 2.24) is 20.0 Å². The van der Waals surface area contributed by atoms with Crippen molar-refractivity contribution in [3.05, 3.63) is 94.5 Å². The Morgan fingerprint density at radius 2 is 1.92 bits per heavy atom. The summed E-state index contributed by atoms with van der Waals surface area (Å²) in [4.78, 5) is 30.2. The highest BCUT2D eigenvalue weighted by atomic mass is 32.1. The first-order valence-electron chi connectivity index (χ1n) is 11.8. The molecule has 5 rings (SSSR count). The van der Waals surface area contributed by atoms with E-state index < -0.39 is 5.54 Å². The van der Waals surface area contributed by atoms with Crippen molar-refractivity contribution in [3.63, 3.8) is 0 Å². The number of hydrogen-bond donors (Lipinski definition) is 1. The summed E-state index contributed by atoms with van der Waals surface area (Å²) in [6, 6.07) is 21.3. The minimum absolute atomic E-state index is 0.208.